The van der Waals surface area contributed by atoms with Crippen molar-refractivity contribution in [2.75, 3.05) is 25.0 Å². The fraction of sp³-hybridized carbons (Fsp3) is 0.625. The molecule has 0 radical (unpaired) electrons. The lowest BCUT2D eigenvalue weighted by atomic mass is 9.95. The fourth-order valence-corrected chi connectivity index (χ4v) is 3.51. The van der Waals surface area contributed by atoms with Gasteiger partial charge in [0.05, 0.1) is 4.92 Å². The maximum atomic E-state index is 11.1. The first-order chi connectivity index (χ1) is 10.1. The first kappa shape index (κ1) is 14.3. The van der Waals surface area contributed by atoms with Crippen molar-refractivity contribution >= 4 is 11.4 Å². The Balaban J connectivity index is 1.71. The predicted molar refractivity (Wildman–Crippen MR) is 83.9 cm³/mol. The van der Waals surface area contributed by atoms with Gasteiger partial charge in [0.1, 0.15) is 0 Å². The van der Waals surface area contributed by atoms with Crippen molar-refractivity contribution in [3.63, 3.8) is 0 Å². The van der Waals surface area contributed by atoms with Gasteiger partial charge in [0.25, 0.3) is 5.69 Å². The van der Waals surface area contributed by atoms with E-state index in [1.807, 2.05) is 13.0 Å². The maximum Gasteiger partial charge on any atom is 0.274 e. The van der Waals surface area contributed by atoms with Gasteiger partial charge in [0, 0.05) is 29.9 Å². The van der Waals surface area contributed by atoms with E-state index in [0.717, 1.165) is 30.6 Å². The summed E-state index contributed by atoms with van der Waals surface area (Å²) >= 11 is 0. The van der Waals surface area contributed by atoms with Crippen molar-refractivity contribution in [1.82, 2.24) is 4.90 Å². The topological polar surface area (TPSA) is 58.4 Å². The molecule has 0 saturated carbocycles. The molecule has 2 aliphatic heterocycles. The number of hydrogen-bond acceptors (Lipinski definition) is 4. The van der Waals surface area contributed by atoms with E-state index in [0.29, 0.717) is 6.04 Å². The lowest BCUT2D eigenvalue weighted by Crippen LogP contribution is -2.41. The number of nitro benzene ring substituents is 1. The Morgan fingerprint density at radius 3 is 2.81 bits per heavy atom. The van der Waals surface area contributed by atoms with Gasteiger partial charge in [-0.3, -0.25) is 10.1 Å². The molecule has 5 heteroatoms. The Bertz CT molecular complexity index is 539. The van der Waals surface area contributed by atoms with E-state index in [1.165, 1.54) is 37.9 Å². The minimum Gasteiger partial charge on any atom is -0.381 e. The SMILES string of the molecule is Cc1cc2c(cc1[N+](=O)[O-])NC(CN1CCCCC1)CC2. The molecule has 0 amide bonds. The molecule has 0 bridgehead atoms. The first-order valence-corrected chi connectivity index (χ1v) is 7.90. The number of benzene rings is 1. The minimum atomic E-state index is -0.286. The summed E-state index contributed by atoms with van der Waals surface area (Å²) in [6, 6.07) is 4.10. The Hall–Kier alpha value is -1.62. The van der Waals surface area contributed by atoms with Gasteiger partial charge >= 0.3 is 0 Å². The van der Waals surface area contributed by atoms with E-state index in [2.05, 4.69) is 10.2 Å². The quantitative estimate of drug-likeness (QED) is 0.686. The summed E-state index contributed by atoms with van der Waals surface area (Å²) in [5.41, 5.74) is 3.16. The van der Waals surface area contributed by atoms with Crippen molar-refractivity contribution in [2.24, 2.45) is 0 Å². The van der Waals surface area contributed by atoms with Crippen LogP contribution < -0.4 is 5.32 Å². The van der Waals surface area contributed by atoms with E-state index in [9.17, 15) is 10.1 Å². The van der Waals surface area contributed by atoms with E-state index in [1.54, 1.807) is 6.07 Å². The second-order valence-electron chi connectivity index (χ2n) is 6.29. The van der Waals surface area contributed by atoms with Crippen molar-refractivity contribution in [1.29, 1.82) is 0 Å². The van der Waals surface area contributed by atoms with Crippen molar-refractivity contribution in [3.05, 3.63) is 33.4 Å². The van der Waals surface area contributed by atoms with E-state index in [4.69, 9.17) is 0 Å². The molecular formula is C16H23N3O2. The molecule has 1 N–H and O–H groups in total. The fourth-order valence-electron chi connectivity index (χ4n) is 3.51. The van der Waals surface area contributed by atoms with Gasteiger partial charge in [-0.05, 0) is 57.3 Å². The molecule has 3 rings (SSSR count). The molecule has 21 heavy (non-hydrogen) atoms. The number of likely N-dealkylation sites (tertiary alicyclic amines) is 1. The lowest BCUT2D eigenvalue weighted by Gasteiger charge is -2.34. The summed E-state index contributed by atoms with van der Waals surface area (Å²) in [6.45, 7) is 5.26. The van der Waals surface area contributed by atoms with E-state index < -0.39 is 0 Å². The molecule has 2 heterocycles. The number of fused-ring (bicyclic) bond motifs is 1. The van der Waals surface area contributed by atoms with Crippen LogP contribution in [0.5, 0.6) is 0 Å². The van der Waals surface area contributed by atoms with Crippen molar-refractivity contribution in [3.8, 4) is 0 Å². The lowest BCUT2D eigenvalue weighted by molar-refractivity contribution is -0.385. The largest absolute Gasteiger partial charge is 0.381 e. The molecule has 1 fully saturated rings. The number of piperidine rings is 1. The summed E-state index contributed by atoms with van der Waals surface area (Å²) in [5, 5.41) is 14.6. The standard InChI is InChI=1S/C16H23N3O2/c1-12-9-13-5-6-14(11-18-7-3-2-4-8-18)17-15(13)10-16(12)19(20)21/h9-10,14,17H,2-8,11H2,1H3. The molecule has 1 aromatic rings. The molecule has 1 saturated heterocycles. The van der Waals surface area contributed by atoms with E-state index >= 15 is 0 Å². The van der Waals surface area contributed by atoms with Crippen LogP contribution in [0.1, 0.15) is 36.8 Å². The van der Waals surface area contributed by atoms with Crippen LogP contribution in [0.25, 0.3) is 0 Å². The Morgan fingerprint density at radius 2 is 2.10 bits per heavy atom. The Kier molecular flexibility index (Phi) is 4.10. The van der Waals surface area contributed by atoms with Crippen molar-refractivity contribution < 1.29 is 4.92 Å². The predicted octanol–water partition coefficient (Wildman–Crippen LogP) is 3.12. The third-order valence-corrected chi connectivity index (χ3v) is 4.67. The van der Waals surface area contributed by atoms with Crippen molar-refractivity contribution in [2.45, 2.75) is 45.1 Å². The number of hydrogen-bond donors (Lipinski definition) is 1. The summed E-state index contributed by atoms with van der Waals surface area (Å²) < 4.78 is 0. The van der Waals surface area contributed by atoms with Gasteiger partial charge in [-0.2, -0.15) is 0 Å². The number of nitrogens with zero attached hydrogens (tertiary/aromatic N) is 2. The highest BCUT2D eigenvalue weighted by atomic mass is 16.6. The number of aryl methyl sites for hydroxylation is 2. The monoisotopic (exact) mass is 289 g/mol. The van der Waals surface area contributed by atoms with Crippen LogP contribution in [0.3, 0.4) is 0 Å². The minimum absolute atomic E-state index is 0.222. The number of nitrogens with one attached hydrogen (secondary N) is 1. The third-order valence-electron chi connectivity index (χ3n) is 4.67. The van der Waals surface area contributed by atoms with Crippen LogP contribution in [0.2, 0.25) is 0 Å². The molecule has 114 valence electrons. The molecule has 2 aliphatic rings. The highest BCUT2D eigenvalue weighted by Crippen LogP contribution is 2.32. The highest BCUT2D eigenvalue weighted by molar-refractivity contribution is 5.62. The normalized spacial score (nSPS) is 22.4. The zero-order valence-electron chi connectivity index (χ0n) is 12.6. The first-order valence-electron chi connectivity index (χ1n) is 7.90. The second-order valence-corrected chi connectivity index (χ2v) is 6.29. The van der Waals surface area contributed by atoms with Crippen LogP contribution in [-0.2, 0) is 6.42 Å². The van der Waals surface area contributed by atoms with Gasteiger partial charge in [0.15, 0.2) is 0 Å². The summed E-state index contributed by atoms with van der Waals surface area (Å²) in [5.74, 6) is 0. The number of nitro groups is 1. The average molecular weight is 289 g/mol. The second kappa shape index (κ2) is 6.02. The number of anilines is 1. The smallest absolute Gasteiger partial charge is 0.274 e. The molecule has 5 nitrogen and oxygen atoms in total. The molecular weight excluding hydrogens is 266 g/mol. The van der Waals surface area contributed by atoms with Gasteiger partial charge in [-0.15, -0.1) is 0 Å². The zero-order valence-corrected chi connectivity index (χ0v) is 12.6. The average Bonchev–Trinajstić information content (AvgIpc) is 2.47. The number of rotatable bonds is 3. The Labute approximate surface area is 125 Å². The van der Waals surface area contributed by atoms with Crippen LogP contribution >= 0.6 is 0 Å². The van der Waals surface area contributed by atoms with Crippen LogP contribution in [-0.4, -0.2) is 35.5 Å². The van der Waals surface area contributed by atoms with Crippen LogP contribution in [0.4, 0.5) is 11.4 Å². The summed E-state index contributed by atoms with van der Waals surface area (Å²) in [6.07, 6.45) is 6.07. The summed E-state index contributed by atoms with van der Waals surface area (Å²) in [4.78, 5) is 13.3. The molecule has 1 aromatic carbocycles. The molecule has 1 unspecified atom stereocenters. The van der Waals surface area contributed by atoms with E-state index in [-0.39, 0.29) is 10.6 Å². The molecule has 1 atom stereocenters. The molecule has 0 spiro atoms. The molecule has 0 aromatic heterocycles. The highest BCUT2D eigenvalue weighted by Gasteiger charge is 2.24. The third kappa shape index (κ3) is 3.18. The summed E-state index contributed by atoms with van der Waals surface area (Å²) in [7, 11) is 0. The van der Waals surface area contributed by atoms with Gasteiger partial charge in [-0.25, -0.2) is 0 Å². The maximum absolute atomic E-state index is 11.1. The van der Waals surface area contributed by atoms with Gasteiger partial charge < -0.3 is 10.2 Å². The Morgan fingerprint density at radius 1 is 1.33 bits per heavy atom. The zero-order chi connectivity index (χ0) is 14.8. The van der Waals surface area contributed by atoms with Crippen LogP contribution in [0, 0.1) is 17.0 Å². The molecule has 0 aliphatic carbocycles. The van der Waals surface area contributed by atoms with Gasteiger partial charge in [0.2, 0.25) is 0 Å². The van der Waals surface area contributed by atoms with Gasteiger partial charge in [-0.1, -0.05) is 6.42 Å². The van der Waals surface area contributed by atoms with Crippen LogP contribution in [0.15, 0.2) is 12.1 Å².